The Kier molecular flexibility index (Phi) is 4.33. The predicted octanol–water partition coefficient (Wildman–Crippen LogP) is 5.17. The van der Waals surface area contributed by atoms with Gasteiger partial charge in [0.15, 0.2) is 14.6 Å². The second-order valence-electron chi connectivity index (χ2n) is 8.72. The van der Waals surface area contributed by atoms with Gasteiger partial charge in [-0.1, -0.05) is 29.8 Å². The lowest BCUT2D eigenvalue weighted by atomic mass is 9.97. The summed E-state index contributed by atoms with van der Waals surface area (Å²) in [6.07, 6.45) is 0.726. The molecule has 0 aliphatic heterocycles. The molecule has 2 heterocycles. The molecule has 33 heavy (non-hydrogen) atoms. The van der Waals surface area contributed by atoms with Crippen molar-refractivity contribution in [2.75, 3.05) is 0 Å². The van der Waals surface area contributed by atoms with Crippen molar-refractivity contribution in [1.29, 1.82) is 0 Å². The number of sulfone groups is 1. The number of aromatic nitrogens is 3. The number of fused-ring (bicyclic) bond motifs is 3. The van der Waals surface area contributed by atoms with Gasteiger partial charge >= 0.3 is 5.92 Å². The van der Waals surface area contributed by atoms with Crippen LogP contribution in [0, 0.1) is 5.92 Å². The lowest BCUT2D eigenvalue weighted by Crippen LogP contribution is -2.27. The highest BCUT2D eigenvalue weighted by atomic mass is 35.5. The first-order valence-corrected chi connectivity index (χ1v) is 12.4. The molecule has 0 radical (unpaired) electrons. The van der Waals surface area contributed by atoms with Crippen LogP contribution in [-0.2, 0) is 33.3 Å². The molecule has 1 atom stereocenters. The zero-order valence-electron chi connectivity index (χ0n) is 17.2. The molecule has 170 valence electrons. The van der Waals surface area contributed by atoms with E-state index in [9.17, 15) is 8.42 Å². The fourth-order valence-corrected chi connectivity index (χ4v) is 6.85. The summed E-state index contributed by atoms with van der Waals surface area (Å²) in [6, 6.07) is 13.2. The fourth-order valence-electron chi connectivity index (χ4n) is 4.76. The molecule has 0 saturated heterocycles. The van der Waals surface area contributed by atoms with Crippen LogP contribution in [-0.4, -0.2) is 23.6 Å². The van der Waals surface area contributed by atoms with Crippen LogP contribution < -0.4 is 0 Å². The maximum atomic E-state index is 15.4. The molecule has 1 fully saturated rings. The second-order valence-corrected chi connectivity index (χ2v) is 11.4. The van der Waals surface area contributed by atoms with Crippen LogP contribution in [0.5, 0.6) is 0 Å². The Labute approximate surface area is 192 Å². The Hall–Kier alpha value is -2.78. The standard InChI is InChI=1S/C23H18ClF2N3O3S/c24-14-6-7-18-17(12-14)16-10-13(11-19(16)27-18)23(25,26)21-29-28-20(32-21)22(8-9-22)33(30,31)15-4-2-1-3-5-15/h1-7,12-13,27H,8-11H2. The summed E-state index contributed by atoms with van der Waals surface area (Å²) in [7, 11) is -3.85. The normalized spacial score (nSPS) is 19.7. The Balaban J connectivity index is 1.31. The summed E-state index contributed by atoms with van der Waals surface area (Å²) in [5, 5.41) is 8.75. The highest BCUT2D eigenvalue weighted by Crippen LogP contribution is 2.55. The molecule has 0 spiro atoms. The average molecular weight is 490 g/mol. The van der Waals surface area contributed by atoms with Crippen molar-refractivity contribution in [2.45, 2.75) is 41.2 Å². The zero-order valence-corrected chi connectivity index (χ0v) is 18.8. The second kappa shape index (κ2) is 6.87. The molecule has 0 bridgehead atoms. The molecule has 4 aromatic rings. The zero-order chi connectivity index (χ0) is 23.0. The lowest BCUT2D eigenvalue weighted by molar-refractivity contribution is -0.0848. The number of aromatic amines is 1. The molecule has 0 amide bonds. The van der Waals surface area contributed by atoms with Crippen LogP contribution in [0.25, 0.3) is 10.9 Å². The highest BCUT2D eigenvalue weighted by Gasteiger charge is 2.61. The number of nitrogens with one attached hydrogen (secondary N) is 1. The van der Waals surface area contributed by atoms with Gasteiger partial charge in [0.05, 0.1) is 4.90 Å². The number of rotatable bonds is 5. The van der Waals surface area contributed by atoms with Gasteiger partial charge in [0.1, 0.15) is 0 Å². The first kappa shape index (κ1) is 20.8. The fraction of sp³-hybridized carbons (Fsp3) is 0.304. The third kappa shape index (κ3) is 2.98. The van der Waals surface area contributed by atoms with Crippen molar-refractivity contribution in [3.05, 3.63) is 76.6 Å². The van der Waals surface area contributed by atoms with E-state index in [4.69, 9.17) is 16.0 Å². The third-order valence-corrected chi connectivity index (χ3v) is 9.48. The molecule has 1 unspecified atom stereocenters. The summed E-state index contributed by atoms with van der Waals surface area (Å²) < 4.78 is 61.2. The van der Waals surface area contributed by atoms with Crippen molar-refractivity contribution in [3.63, 3.8) is 0 Å². The Morgan fingerprint density at radius 2 is 1.85 bits per heavy atom. The topological polar surface area (TPSA) is 88.9 Å². The Morgan fingerprint density at radius 3 is 2.58 bits per heavy atom. The van der Waals surface area contributed by atoms with Gasteiger partial charge in [-0.25, -0.2) is 8.42 Å². The van der Waals surface area contributed by atoms with Crippen LogP contribution in [0.4, 0.5) is 8.78 Å². The molecule has 1 saturated carbocycles. The van der Waals surface area contributed by atoms with E-state index in [0.29, 0.717) is 5.02 Å². The SMILES string of the molecule is O=S(=O)(c1ccccc1)C1(c2nnc(C(F)(F)C3Cc4[nH]c5ccc(Cl)cc5c4C3)o2)CC1. The van der Waals surface area contributed by atoms with Crippen molar-refractivity contribution in [1.82, 2.24) is 15.2 Å². The number of H-pyrrole nitrogens is 1. The molecule has 2 aliphatic rings. The lowest BCUT2D eigenvalue weighted by Gasteiger charge is -2.19. The van der Waals surface area contributed by atoms with E-state index in [1.54, 1.807) is 30.3 Å². The van der Waals surface area contributed by atoms with Crippen LogP contribution in [0.15, 0.2) is 57.8 Å². The summed E-state index contributed by atoms with van der Waals surface area (Å²) in [6.45, 7) is 0. The number of nitrogens with zero attached hydrogens (tertiary/aromatic N) is 2. The van der Waals surface area contributed by atoms with Gasteiger partial charge in [0.25, 0.3) is 5.89 Å². The average Bonchev–Trinajstić information content (AvgIpc) is 3.14. The number of hydrogen-bond acceptors (Lipinski definition) is 5. The summed E-state index contributed by atoms with van der Waals surface area (Å²) in [5.74, 6) is -5.61. The molecular formula is C23H18ClF2N3O3S. The van der Waals surface area contributed by atoms with Gasteiger partial charge in [0, 0.05) is 27.5 Å². The van der Waals surface area contributed by atoms with Crippen LogP contribution >= 0.6 is 11.6 Å². The smallest absolute Gasteiger partial charge is 0.327 e. The Morgan fingerprint density at radius 1 is 1.09 bits per heavy atom. The van der Waals surface area contributed by atoms with Crippen LogP contribution in [0.3, 0.4) is 0 Å². The maximum absolute atomic E-state index is 15.4. The summed E-state index contributed by atoms with van der Waals surface area (Å²) in [5.41, 5.74) is 2.40. The third-order valence-electron chi connectivity index (χ3n) is 6.74. The van der Waals surface area contributed by atoms with Gasteiger partial charge < -0.3 is 9.40 Å². The number of hydrogen-bond donors (Lipinski definition) is 1. The summed E-state index contributed by atoms with van der Waals surface area (Å²) in [4.78, 5) is 3.30. The van der Waals surface area contributed by atoms with Crippen molar-refractivity contribution in [2.24, 2.45) is 5.92 Å². The molecule has 2 aromatic heterocycles. The van der Waals surface area contributed by atoms with E-state index in [1.807, 2.05) is 6.07 Å². The number of benzene rings is 2. The minimum atomic E-state index is -3.85. The maximum Gasteiger partial charge on any atom is 0.327 e. The molecule has 2 aliphatic carbocycles. The molecule has 6 nitrogen and oxygen atoms in total. The van der Waals surface area contributed by atoms with Crippen molar-refractivity contribution < 1.29 is 21.6 Å². The van der Waals surface area contributed by atoms with Gasteiger partial charge in [0.2, 0.25) is 5.89 Å². The van der Waals surface area contributed by atoms with E-state index in [2.05, 4.69) is 15.2 Å². The van der Waals surface area contributed by atoms with Crippen molar-refractivity contribution >= 4 is 32.3 Å². The molecule has 2 aromatic carbocycles. The minimum absolute atomic E-state index is 0.105. The van der Waals surface area contributed by atoms with Crippen molar-refractivity contribution in [3.8, 4) is 0 Å². The predicted molar refractivity (Wildman–Crippen MR) is 117 cm³/mol. The number of halogens is 3. The monoisotopic (exact) mass is 489 g/mol. The number of alkyl halides is 2. The Bertz CT molecular complexity index is 1490. The van der Waals surface area contributed by atoms with Gasteiger partial charge in [-0.2, -0.15) is 8.78 Å². The van der Waals surface area contributed by atoms with E-state index in [1.165, 1.54) is 12.1 Å². The molecule has 6 rings (SSSR count). The first-order chi connectivity index (χ1) is 15.7. The largest absolute Gasteiger partial charge is 0.418 e. The van der Waals surface area contributed by atoms with E-state index in [-0.39, 0.29) is 36.5 Å². The first-order valence-electron chi connectivity index (χ1n) is 10.5. The van der Waals surface area contributed by atoms with E-state index >= 15 is 8.78 Å². The molecular weight excluding hydrogens is 472 g/mol. The van der Waals surface area contributed by atoms with Gasteiger partial charge in [-0.15, -0.1) is 10.2 Å². The van der Waals surface area contributed by atoms with Gasteiger partial charge in [-0.05, 0) is 61.6 Å². The molecule has 1 N–H and O–H groups in total. The van der Waals surface area contributed by atoms with Crippen LogP contribution in [0.2, 0.25) is 5.02 Å². The highest BCUT2D eigenvalue weighted by molar-refractivity contribution is 7.92. The van der Waals surface area contributed by atoms with Gasteiger partial charge in [-0.3, -0.25) is 0 Å². The quantitative estimate of drug-likeness (QED) is 0.417. The van der Waals surface area contributed by atoms with Crippen LogP contribution in [0.1, 0.15) is 35.9 Å². The van der Waals surface area contributed by atoms with E-state index in [0.717, 1.165) is 22.2 Å². The summed E-state index contributed by atoms with van der Waals surface area (Å²) >= 11 is 6.09. The minimum Gasteiger partial charge on any atom is -0.418 e. The molecule has 10 heteroatoms. The van der Waals surface area contributed by atoms with E-state index < -0.39 is 32.3 Å².